The molecule has 24 heavy (non-hydrogen) atoms. The van der Waals surface area contributed by atoms with Crippen LogP contribution in [0.15, 0.2) is 4.99 Å². The van der Waals surface area contributed by atoms with Gasteiger partial charge in [-0.25, -0.2) is 8.42 Å². The molecule has 1 heterocycles. The van der Waals surface area contributed by atoms with E-state index in [1.807, 2.05) is 0 Å². The Hall–Kier alpha value is -0.0900. The number of aliphatic imine (C=N–C) groups is 1. The van der Waals surface area contributed by atoms with E-state index in [1.54, 1.807) is 7.05 Å². The van der Waals surface area contributed by atoms with Gasteiger partial charge in [0.15, 0.2) is 5.96 Å². The normalized spacial score (nSPS) is 22.2. The van der Waals surface area contributed by atoms with E-state index in [0.717, 1.165) is 19.0 Å². The van der Waals surface area contributed by atoms with Crippen molar-refractivity contribution in [3.63, 3.8) is 0 Å². The molecule has 1 aliphatic rings. The van der Waals surface area contributed by atoms with E-state index in [9.17, 15) is 8.42 Å². The second-order valence-electron chi connectivity index (χ2n) is 6.80. The molecule has 1 aliphatic heterocycles. The van der Waals surface area contributed by atoms with Gasteiger partial charge < -0.3 is 15.0 Å². The van der Waals surface area contributed by atoms with Crippen LogP contribution in [0.3, 0.4) is 0 Å². The molecule has 8 heteroatoms. The highest BCUT2D eigenvalue weighted by Crippen LogP contribution is 2.33. The summed E-state index contributed by atoms with van der Waals surface area (Å²) in [5, 5.41) is 3.32. The van der Waals surface area contributed by atoms with E-state index in [1.165, 1.54) is 31.9 Å². The van der Waals surface area contributed by atoms with Crippen molar-refractivity contribution in [2.45, 2.75) is 39.5 Å². The summed E-state index contributed by atoms with van der Waals surface area (Å²) >= 11 is 0. The lowest BCUT2D eigenvalue weighted by atomic mass is 9.78. The number of piperidine rings is 1. The van der Waals surface area contributed by atoms with Crippen LogP contribution in [0.1, 0.15) is 39.5 Å². The maximum Gasteiger partial charge on any atom is 0.193 e. The zero-order valence-corrected chi connectivity index (χ0v) is 18.7. The molecule has 0 spiro atoms. The first-order valence-electron chi connectivity index (χ1n) is 8.51. The molecule has 0 aliphatic carbocycles. The molecule has 0 aromatic heterocycles. The van der Waals surface area contributed by atoms with Crippen molar-refractivity contribution in [2.75, 3.05) is 51.9 Å². The lowest BCUT2D eigenvalue weighted by Crippen LogP contribution is -2.50. The van der Waals surface area contributed by atoms with Gasteiger partial charge in [0.2, 0.25) is 0 Å². The molecule has 1 unspecified atom stereocenters. The largest absolute Gasteiger partial charge is 0.379 e. The van der Waals surface area contributed by atoms with Crippen molar-refractivity contribution >= 4 is 39.8 Å². The van der Waals surface area contributed by atoms with Crippen LogP contribution in [0.5, 0.6) is 0 Å². The van der Waals surface area contributed by atoms with Crippen LogP contribution in [-0.2, 0) is 14.6 Å². The van der Waals surface area contributed by atoms with Gasteiger partial charge in [-0.3, -0.25) is 4.99 Å². The predicted molar refractivity (Wildman–Crippen MR) is 111 cm³/mol. The van der Waals surface area contributed by atoms with Gasteiger partial charge in [-0.1, -0.05) is 20.3 Å². The molecule has 1 saturated heterocycles. The molecule has 0 amide bonds. The van der Waals surface area contributed by atoms with Gasteiger partial charge in [-0.2, -0.15) is 0 Å². The Morgan fingerprint density at radius 2 is 2.08 bits per heavy atom. The van der Waals surface area contributed by atoms with Gasteiger partial charge >= 0.3 is 0 Å². The monoisotopic (exact) mass is 475 g/mol. The van der Waals surface area contributed by atoms with Gasteiger partial charge in [0, 0.05) is 32.9 Å². The van der Waals surface area contributed by atoms with Crippen molar-refractivity contribution in [1.29, 1.82) is 0 Å². The summed E-state index contributed by atoms with van der Waals surface area (Å²) in [6.07, 6.45) is 6.16. The molecule has 1 atom stereocenters. The first-order valence-corrected chi connectivity index (χ1v) is 10.6. The van der Waals surface area contributed by atoms with Crippen molar-refractivity contribution in [1.82, 2.24) is 10.2 Å². The molecule has 1 fully saturated rings. The van der Waals surface area contributed by atoms with Crippen molar-refractivity contribution in [3.8, 4) is 0 Å². The number of nitrogens with zero attached hydrogens (tertiary/aromatic N) is 2. The summed E-state index contributed by atoms with van der Waals surface area (Å²) in [5.74, 6) is 0.988. The number of ether oxygens (including phenoxy) is 1. The van der Waals surface area contributed by atoms with E-state index >= 15 is 0 Å². The lowest BCUT2D eigenvalue weighted by molar-refractivity contribution is 0.137. The lowest BCUT2D eigenvalue weighted by Gasteiger charge is -2.42. The molecule has 0 radical (unpaired) electrons. The van der Waals surface area contributed by atoms with Crippen LogP contribution in [-0.4, -0.2) is 71.2 Å². The minimum atomic E-state index is -2.95. The van der Waals surface area contributed by atoms with Gasteiger partial charge in [-0.05, 0) is 24.7 Å². The third kappa shape index (κ3) is 9.41. The van der Waals surface area contributed by atoms with E-state index < -0.39 is 9.84 Å². The average Bonchev–Trinajstić information content (AvgIpc) is 2.45. The average molecular weight is 475 g/mol. The number of guanidine groups is 1. The van der Waals surface area contributed by atoms with E-state index in [2.05, 4.69) is 29.1 Å². The number of hydrogen-bond acceptors (Lipinski definition) is 4. The van der Waals surface area contributed by atoms with Crippen LogP contribution in [0, 0.1) is 5.41 Å². The van der Waals surface area contributed by atoms with Crippen LogP contribution in [0.4, 0.5) is 0 Å². The molecule has 0 saturated carbocycles. The smallest absolute Gasteiger partial charge is 0.193 e. The maximum absolute atomic E-state index is 11.0. The summed E-state index contributed by atoms with van der Waals surface area (Å²) in [4.78, 5) is 6.70. The summed E-state index contributed by atoms with van der Waals surface area (Å²) in [5.41, 5.74) is 0.372. The summed E-state index contributed by atoms with van der Waals surface area (Å²) in [6, 6.07) is 0. The summed E-state index contributed by atoms with van der Waals surface area (Å²) in [7, 11) is -1.14. The standard InChI is InChI=1S/C16H33N3O3S.HI/c1-5-7-16(2)8-6-10-19(14-16)15(17-3)18-9-11-22-12-13-23(4,20)21;/h5-14H2,1-4H3,(H,17,18);1H. The summed E-state index contributed by atoms with van der Waals surface area (Å²) in [6.45, 7) is 8.04. The van der Waals surface area contributed by atoms with E-state index in [0.29, 0.717) is 18.6 Å². The number of hydrogen-bond donors (Lipinski definition) is 1. The number of sulfone groups is 1. The number of nitrogens with one attached hydrogen (secondary N) is 1. The highest BCUT2D eigenvalue weighted by molar-refractivity contribution is 14.0. The highest BCUT2D eigenvalue weighted by atomic mass is 127. The van der Waals surface area contributed by atoms with E-state index in [-0.39, 0.29) is 36.3 Å². The van der Waals surface area contributed by atoms with Crippen molar-refractivity contribution < 1.29 is 13.2 Å². The number of likely N-dealkylation sites (tertiary alicyclic amines) is 1. The molecule has 144 valence electrons. The Balaban J connectivity index is 0.00000529. The minimum absolute atomic E-state index is 0. The fourth-order valence-corrected chi connectivity index (χ4v) is 3.60. The van der Waals surface area contributed by atoms with Crippen molar-refractivity contribution in [3.05, 3.63) is 0 Å². The van der Waals surface area contributed by atoms with Gasteiger partial charge in [0.25, 0.3) is 0 Å². The SMILES string of the molecule is CCCC1(C)CCCN(C(=NC)NCCOCCS(C)(=O)=O)C1.I. The van der Waals surface area contributed by atoms with Crippen LogP contribution < -0.4 is 5.32 Å². The fraction of sp³-hybridized carbons (Fsp3) is 0.938. The molecule has 1 N–H and O–H groups in total. The second-order valence-corrected chi connectivity index (χ2v) is 9.06. The Morgan fingerprint density at radius 3 is 2.67 bits per heavy atom. The maximum atomic E-state index is 11.0. The van der Waals surface area contributed by atoms with Gasteiger partial charge in [0.1, 0.15) is 9.84 Å². The fourth-order valence-electron chi connectivity index (χ4n) is 3.18. The molecule has 0 aromatic rings. The molecule has 1 rings (SSSR count). The predicted octanol–water partition coefficient (Wildman–Crippen LogP) is 2.14. The zero-order chi connectivity index (χ0) is 17.3. The minimum Gasteiger partial charge on any atom is -0.379 e. The van der Waals surface area contributed by atoms with Crippen LogP contribution in [0.25, 0.3) is 0 Å². The molecular weight excluding hydrogens is 441 g/mol. The Morgan fingerprint density at radius 1 is 1.38 bits per heavy atom. The first-order chi connectivity index (χ1) is 10.8. The Bertz CT molecular complexity index is 481. The first kappa shape index (κ1) is 23.9. The molecular formula is C16H34IN3O3S. The van der Waals surface area contributed by atoms with Crippen LogP contribution in [0.2, 0.25) is 0 Å². The molecule has 0 aromatic carbocycles. The Labute approximate surface area is 164 Å². The highest BCUT2D eigenvalue weighted by Gasteiger charge is 2.31. The number of rotatable bonds is 8. The number of halogens is 1. The quantitative estimate of drug-likeness (QED) is 0.252. The second kappa shape index (κ2) is 11.5. The van der Waals surface area contributed by atoms with Gasteiger partial charge in [0.05, 0.1) is 19.0 Å². The summed E-state index contributed by atoms with van der Waals surface area (Å²) < 4.78 is 27.4. The van der Waals surface area contributed by atoms with E-state index in [4.69, 9.17) is 4.74 Å². The molecule has 0 bridgehead atoms. The Kier molecular flexibility index (Phi) is 11.5. The third-order valence-electron chi connectivity index (χ3n) is 4.27. The van der Waals surface area contributed by atoms with Crippen LogP contribution >= 0.6 is 24.0 Å². The molecule has 6 nitrogen and oxygen atoms in total. The van der Waals surface area contributed by atoms with Gasteiger partial charge in [-0.15, -0.1) is 24.0 Å². The third-order valence-corrected chi connectivity index (χ3v) is 5.18. The zero-order valence-electron chi connectivity index (χ0n) is 15.5. The topological polar surface area (TPSA) is 71.0 Å². The van der Waals surface area contributed by atoms with Crippen molar-refractivity contribution in [2.24, 2.45) is 10.4 Å².